The van der Waals surface area contributed by atoms with Crippen LogP contribution in [0.4, 0.5) is 0 Å². The maximum absolute atomic E-state index is 13.4. The molecule has 0 N–H and O–H groups in total. The lowest BCUT2D eigenvalue weighted by molar-refractivity contribution is 0.0787. The number of benzene rings is 1. The summed E-state index contributed by atoms with van der Waals surface area (Å²) >= 11 is 0. The maximum atomic E-state index is 13.4. The summed E-state index contributed by atoms with van der Waals surface area (Å²) in [4.78, 5) is 19.7. The summed E-state index contributed by atoms with van der Waals surface area (Å²) in [7, 11) is 1.80. The highest BCUT2D eigenvalue weighted by atomic mass is 16.5. The zero-order valence-electron chi connectivity index (χ0n) is 17.9. The minimum absolute atomic E-state index is 0.104. The van der Waals surface area contributed by atoms with E-state index in [4.69, 9.17) is 8.94 Å². The number of hydrogen-bond donors (Lipinski definition) is 0. The number of pyridine rings is 1. The van der Waals surface area contributed by atoms with Gasteiger partial charge in [-0.1, -0.05) is 36.3 Å². The molecule has 6 heteroatoms. The van der Waals surface area contributed by atoms with Crippen molar-refractivity contribution in [2.75, 3.05) is 7.05 Å². The normalized spacial score (nSPS) is 11.2. The topological polar surface area (TPSA) is 72.4 Å². The van der Waals surface area contributed by atoms with Gasteiger partial charge in [0.25, 0.3) is 11.6 Å². The molecule has 3 heterocycles. The zero-order chi connectivity index (χ0) is 21.4. The number of fused-ring (bicyclic) bond motifs is 1. The Hall–Kier alpha value is -3.41. The molecular weight excluding hydrogens is 378 g/mol. The van der Waals surface area contributed by atoms with E-state index in [1.54, 1.807) is 11.9 Å². The summed E-state index contributed by atoms with van der Waals surface area (Å²) in [6.45, 7) is 8.23. The van der Waals surface area contributed by atoms with Crippen molar-refractivity contribution in [1.82, 2.24) is 15.0 Å². The van der Waals surface area contributed by atoms with Gasteiger partial charge in [-0.15, -0.1) is 0 Å². The van der Waals surface area contributed by atoms with Crippen LogP contribution in [0.3, 0.4) is 0 Å². The highest BCUT2D eigenvalue weighted by molar-refractivity contribution is 6.06. The smallest absolute Gasteiger partial charge is 0.259 e. The van der Waals surface area contributed by atoms with E-state index in [2.05, 4.69) is 41.3 Å². The van der Waals surface area contributed by atoms with E-state index in [1.165, 1.54) is 5.56 Å². The van der Waals surface area contributed by atoms with E-state index in [-0.39, 0.29) is 5.91 Å². The fourth-order valence-electron chi connectivity index (χ4n) is 3.72. The van der Waals surface area contributed by atoms with Crippen LogP contribution in [0.25, 0.3) is 22.4 Å². The first-order chi connectivity index (χ1) is 14.4. The standard InChI is InChI=1S/C24H25N3O3/c1-6-17-7-9-18(10-8-17)13-27(5)24(28)20-12-21(19-11-14(2)29-16(19)4)25-23-22(20)15(3)26-30-23/h7-12H,6,13H2,1-5H3. The van der Waals surface area contributed by atoms with Gasteiger partial charge in [0.2, 0.25) is 0 Å². The van der Waals surface area contributed by atoms with Crippen LogP contribution < -0.4 is 0 Å². The molecule has 0 radical (unpaired) electrons. The summed E-state index contributed by atoms with van der Waals surface area (Å²) in [5.41, 5.74) is 5.36. The molecule has 0 aliphatic carbocycles. The minimum atomic E-state index is -0.104. The number of carbonyl (C=O) groups is 1. The van der Waals surface area contributed by atoms with Crippen LogP contribution >= 0.6 is 0 Å². The second-order valence-corrected chi connectivity index (χ2v) is 7.66. The maximum Gasteiger partial charge on any atom is 0.259 e. The van der Waals surface area contributed by atoms with E-state index >= 15 is 0 Å². The first kappa shape index (κ1) is 19.9. The number of amides is 1. The van der Waals surface area contributed by atoms with E-state index in [0.29, 0.717) is 34.6 Å². The van der Waals surface area contributed by atoms with Crippen molar-refractivity contribution in [3.63, 3.8) is 0 Å². The second-order valence-electron chi connectivity index (χ2n) is 7.66. The predicted molar refractivity (Wildman–Crippen MR) is 115 cm³/mol. The van der Waals surface area contributed by atoms with Gasteiger partial charge in [-0.2, -0.15) is 0 Å². The largest absolute Gasteiger partial charge is 0.466 e. The fourth-order valence-corrected chi connectivity index (χ4v) is 3.72. The van der Waals surface area contributed by atoms with Crippen LogP contribution in [0, 0.1) is 20.8 Å². The molecule has 0 aliphatic rings. The lowest BCUT2D eigenvalue weighted by atomic mass is 10.0. The third kappa shape index (κ3) is 3.61. The Morgan fingerprint density at radius 1 is 1.07 bits per heavy atom. The van der Waals surface area contributed by atoms with Gasteiger partial charge in [-0.05, 0) is 50.5 Å². The minimum Gasteiger partial charge on any atom is -0.466 e. The summed E-state index contributed by atoms with van der Waals surface area (Å²) in [5.74, 6) is 1.43. The monoisotopic (exact) mass is 403 g/mol. The van der Waals surface area contributed by atoms with E-state index in [1.807, 2.05) is 32.9 Å². The van der Waals surface area contributed by atoms with Gasteiger partial charge in [0.15, 0.2) is 0 Å². The molecule has 0 aliphatic heterocycles. The van der Waals surface area contributed by atoms with Crippen molar-refractivity contribution >= 4 is 17.0 Å². The molecule has 0 saturated carbocycles. The van der Waals surface area contributed by atoms with Crippen LogP contribution in [0.2, 0.25) is 0 Å². The van der Waals surface area contributed by atoms with Gasteiger partial charge >= 0.3 is 0 Å². The Balaban J connectivity index is 1.73. The van der Waals surface area contributed by atoms with Crippen LogP contribution in [0.5, 0.6) is 0 Å². The molecule has 6 nitrogen and oxygen atoms in total. The van der Waals surface area contributed by atoms with Crippen molar-refractivity contribution in [1.29, 1.82) is 0 Å². The Morgan fingerprint density at radius 2 is 1.77 bits per heavy atom. The molecule has 1 amide bonds. The third-order valence-electron chi connectivity index (χ3n) is 5.36. The SMILES string of the molecule is CCc1ccc(CN(C)C(=O)c2cc(-c3cc(C)oc3C)nc3onc(C)c23)cc1. The quantitative estimate of drug-likeness (QED) is 0.455. The summed E-state index contributed by atoms with van der Waals surface area (Å²) < 4.78 is 11.1. The Kier molecular flexibility index (Phi) is 5.16. The van der Waals surface area contributed by atoms with Crippen molar-refractivity contribution in [3.8, 4) is 11.3 Å². The average molecular weight is 403 g/mol. The first-order valence-corrected chi connectivity index (χ1v) is 10.0. The molecule has 0 spiro atoms. The highest BCUT2D eigenvalue weighted by Crippen LogP contribution is 2.31. The van der Waals surface area contributed by atoms with Crippen molar-refractivity contribution in [2.24, 2.45) is 0 Å². The van der Waals surface area contributed by atoms with E-state index in [0.717, 1.165) is 29.1 Å². The van der Waals surface area contributed by atoms with Gasteiger partial charge in [0.1, 0.15) is 11.5 Å². The molecule has 0 saturated heterocycles. The molecule has 0 unspecified atom stereocenters. The number of rotatable bonds is 5. The van der Waals surface area contributed by atoms with Crippen molar-refractivity contribution in [3.05, 3.63) is 70.3 Å². The van der Waals surface area contributed by atoms with Gasteiger partial charge in [0, 0.05) is 19.2 Å². The first-order valence-electron chi connectivity index (χ1n) is 10.0. The molecule has 30 heavy (non-hydrogen) atoms. The number of aromatic nitrogens is 2. The number of carbonyl (C=O) groups excluding carboxylic acids is 1. The predicted octanol–water partition coefficient (Wildman–Crippen LogP) is 5.24. The molecule has 0 atom stereocenters. The van der Waals surface area contributed by atoms with Crippen LogP contribution in [0.15, 0.2) is 45.3 Å². The number of nitrogens with zero attached hydrogens (tertiary/aromatic N) is 3. The summed E-state index contributed by atoms with van der Waals surface area (Å²) in [6, 6.07) is 12.1. The molecule has 154 valence electrons. The molecule has 4 rings (SSSR count). The number of furan rings is 1. The van der Waals surface area contributed by atoms with Gasteiger partial charge < -0.3 is 13.8 Å². The molecular formula is C24H25N3O3. The Labute approximate surface area is 175 Å². The van der Waals surface area contributed by atoms with E-state index < -0.39 is 0 Å². The lowest BCUT2D eigenvalue weighted by Crippen LogP contribution is -2.26. The Bertz CT molecular complexity index is 1220. The molecule has 1 aromatic carbocycles. The van der Waals surface area contributed by atoms with Crippen molar-refractivity contribution in [2.45, 2.75) is 40.7 Å². The Morgan fingerprint density at radius 3 is 2.40 bits per heavy atom. The summed E-state index contributed by atoms with van der Waals surface area (Å²) in [6.07, 6.45) is 0.993. The molecule has 0 fully saturated rings. The lowest BCUT2D eigenvalue weighted by Gasteiger charge is -2.18. The third-order valence-corrected chi connectivity index (χ3v) is 5.36. The summed E-state index contributed by atoms with van der Waals surface area (Å²) in [5, 5.41) is 4.68. The zero-order valence-corrected chi connectivity index (χ0v) is 17.9. The fraction of sp³-hybridized carbons (Fsp3) is 0.292. The van der Waals surface area contributed by atoms with Gasteiger partial charge in [0.05, 0.1) is 22.3 Å². The van der Waals surface area contributed by atoms with Crippen molar-refractivity contribution < 1.29 is 13.7 Å². The molecule has 0 bridgehead atoms. The number of hydrogen-bond acceptors (Lipinski definition) is 5. The van der Waals surface area contributed by atoms with Crippen LogP contribution in [0.1, 0.15) is 45.6 Å². The number of aryl methyl sites for hydroxylation is 4. The van der Waals surface area contributed by atoms with E-state index in [9.17, 15) is 4.79 Å². The highest BCUT2D eigenvalue weighted by Gasteiger charge is 2.23. The van der Waals surface area contributed by atoms with Gasteiger partial charge in [-0.25, -0.2) is 4.98 Å². The average Bonchev–Trinajstić information content (AvgIpc) is 3.28. The van der Waals surface area contributed by atoms with Crippen LogP contribution in [-0.2, 0) is 13.0 Å². The van der Waals surface area contributed by atoms with Gasteiger partial charge in [-0.3, -0.25) is 4.79 Å². The second kappa shape index (κ2) is 7.78. The molecule has 4 aromatic rings. The molecule has 3 aromatic heterocycles. The van der Waals surface area contributed by atoms with Crippen LogP contribution in [-0.4, -0.2) is 28.0 Å².